The molecule has 0 saturated heterocycles. The van der Waals surface area contributed by atoms with Crippen molar-refractivity contribution in [2.24, 2.45) is 0 Å². The summed E-state index contributed by atoms with van der Waals surface area (Å²) in [5, 5.41) is 9.46. The Hall–Kier alpha value is -14.5. The molecule has 6 aromatic heterocycles. The monoisotopic (exact) mass is 1350 g/mol. The summed E-state index contributed by atoms with van der Waals surface area (Å²) >= 11 is 0. The Kier molecular flexibility index (Phi) is 14.0. The minimum absolute atomic E-state index is 0.537. The third-order valence-electron chi connectivity index (χ3n) is 20.9. The van der Waals surface area contributed by atoms with Crippen molar-refractivity contribution in [3.8, 4) is 113 Å². The second-order valence-electron chi connectivity index (χ2n) is 27.0. The van der Waals surface area contributed by atoms with E-state index in [9.17, 15) is 0 Å². The van der Waals surface area contributed by atoms with Gasteiger partial charge in [-0.05, 0) is 125 Å². The Morgan fingerprint density at radius 2 is 0.368 bits per heavy atom. The molecule has 21 rings (SSSR count). The van der Waals surface area contributed by atoms with Crippen LogP contribution in [0.15, 0.2) is 364 Å². The highest BCUT2D eigenvalue weighted by Gasteiger charge is 2.25. The minimum Gasteiger partial charge on any atom is -0.309 e. The molecule has 494 valence electrons. The first-order valence-corrected chi connectivity index (χ1v) is 35.7. The summed E-state index contributed by atoms with van der Waals surface area (Å²) < 4.78 is 9.57. The van der Waals surface area contributed by atoms with Crippen molar-refractivity contribution in [1.82, 2.24) is 48.2 Å². The summed E-state index contributed by atoms with van der Waals surface area (Å²) in [6.07, 6.45) is 0. The molecule has 10 nitrogen and oxygen atoms in total. The van der Waals surface area contributed by atoms with Gasteiger partial charge in [0.15, 0.2) is 34.9 Å². The molecule has 0 bridgehead atoms. The fourth-order valence-electron chi connectivity index (χ4n) is 16.1. The van der Waals surface area contributed by atoms with E-state index in [1.54, 1.807) is 0 Å². The van der Waals surface area contributed by atoms with E-state index in [0.29, 0.717) is 34.9 Å². The molecule has 0 fully saturated rings. The highest BCUT2D eigenvalue weighted by atomic mass is 15.1. The SMILES string of the molecule is c1ccc(-c2nc(-c3ccccc3)nc(-c3cc(-n4c5ccccc5c5cc(-n6c7ccccc7c7ccccc76)ccc54)ccc3-c3cccc(-c4ccc(-n5c6ccccc6c6cc(-n7c8ccccc8c8ccccc87)ccc65)cc4-c4nc(-c5ccccc5)nc(-c5ccccc5)n4)c3)n2)cc1. The Labute approximate surface area is 609 Å². The fourth-order valence-corrected chi connectivity index (χ4v) is 16.1. The van der Waals surface area contributed by atoms with Crippen LogP contribution in [0.25, 0.3) is 201 Å². The van der Waals surface area contributed by atoms with E-state index >= 15 is 0 Å². The lowest BCUT2D eigenvalue weighted by Gasteiger charge is -2.18. The normalized spacial score (nSPS) is 11.8. The number of aromatic nitrogens is 10. The summed E-state index contributed by atoms with van der Waals surface area (Å²) in [5.41, 5.74) is 22.0. The van der Waals surface area contributed by atoms with Crippen molar-refractivity contribution >= 4 is 87.2 Å². The van der Waals surface area contributed by atoms with Gasteiger partial charge >= 0.3 is 0 Å². The van der Waals surface area contributed by atoms with Gasteiger partial charge in [-0.25, -0.2) is 29.9 Å². The molecule has 0 saturated carbocycles. The summed E-state index contributed by atoms with van der Waals surface area (Å²) in [4.78, 5) is 32.3. The second-order valence-corrected chi connectivity index (χ2v) is 27.0. The van der Waals surface area contributed by atoms with Crippen LogP contribution in [-0.2, 0) is 0 Å². The maximum absolute atomic E-state index is 5.48. The number of para-hydroxylation sites is 6. The third kappa shape index (κ3) is 9.95. The smallest absolute Gasteiger partial charge is 0.164 e. The lowest BCUT2D eigenvalue weighted by Crippen LogP contribution is -2.03. The zero-order valence-corrected chi connectivity index (χ0v) is 57.1. The molecule has 0 aliphatic carbocycles. The molecule has 10 heteroatoms. The third-order valence-corrected chi connectivity index (χ3v) is 20.9. The van der Waals surface area contributed by atoms with Crippen molar-refractivity contribution in [2.45, 2.75) is 0 Å². The standard InChI is InChI=1S/C96H60N10/c1-5-26-61(27-6-1)91-97-92(62-28-7-2-8-29-62)100-95(99-91)81-59-67(105-87-46-23-17-40-77(87)79-57-69(50-54-89(79)105)103-83-42-19-13-36-73(83)74-37-14-20-43-84(74)103)48-52-71(81)65-34-25-35-66(56-65)72-53-49-68(60-82(72)96-101-93(63-30-9-3-10-31-63)98-94(102-96)64-32-11-4-12-33-64)106-88-47-24-18-41-78(88)80-58-70(51-55-90(80)106)104-85-44-21-15-38-75(85)76-39-16-22-45-86(76)104/h1-60H. The molecule has 21 aromatic rings. The molecule has 6 heterocycles. The van der Waals surface area contributed by atoms with Crippen LogP contribution in [0.1, 0.15) is 0 Å². The number of benzene rings is 15. The Morgan fingerprint density at radius 1 is 0.142 bits per heavy atom. The second kappa shape index (κ2) is 24.7. The predicted octanol–water partition coefficient (Wildman–Crippen LogP) is 23.8. The average molecular weight is 1350 g/mol. The van der Waals surface area contributed by atoms with Gasteiger partial charge in [-0.3, -0.25) is 0 Å². The van der Waals surface area contributed by atoms with Gasteiger partial charge in [0.25, 0.3) is 0 Å². The van der Waals surface area contributed by atoms with Crippen LogP contribution in [0.4, 0.5) is 0 Å². The maximum Gasteiger partial charge on any atom is 0.164 e. The quantitative estimate of drug-likeness (QED) is 0.121. The van der Waals surface area contributed by atoms with E-state index in [0.717, 1.165) is 144 Å². The van der Waals surface area contributed by atoms with Crippen LogP contribution < -0.4 is 0 Å². The van der Waals surface area contributed by atoms with Crippen LogP contribution >= 0.6 is 0 Å². The van der Waals surface area contributed by atoms with Crippen molar-refractivity contribution < 1.29 is 0 Å². The van der Waals surface area contributed by atoms with E-state index in [1.165, 1.54) is 21.5 Å². The number of hydrogen-bond donors (Lipinski definition) is 0. The Morgan fingerprint density at radius 3 is 0.670 bits per heavy atom. The summed E-state index contributed by atoms with van der Waals surface area (Å²) in [6, 6.07) is 129. The van der Waals surface area contributed by atoms with Crippen LogP contribution in [0, 0.1) is 0 Å². The molecule has 0 radical (unpaired) electrons. The molecule has 0 N–H and O–H groups in total. The van der Waals surface area contributed by atoms with Crippen molar-refractivity contribution in [3.05, 3.63) is 364 Å². The molecular weight excluding hydrogens is 1290 g/mol. The van der Waals surface area contributed by atoms with E-state index in [1.807, 2.05) is 72.8 Å². The lowest BCUT2D eigenvalue weighted by atomic mass is 9.92. The number of rotatable bonds is 12. The van der Waals surface area contributed by atoms with Gasteiger partial charge in [0, 0.05) is 99.2 Å². The van der Waals surface area contributed by atoms with Gasteiger partial charge < -0.3 is 18.3 Å². The highest BCUT2D eigenvalue weighted by Crippen LogP contribution is 2.45. The van der Waals surface area contributed by atoms with Gasteiger partial charge in [0.05, 0.1) is 44.1 Å². The molecule has 106 heavy (non-hydrogen) atoms. The predicted molar refractivity (Wildman–Crippen MR) is 434 cm³/mol. The molecular formula is C96H60N10. The van der Waals surface area contributed by atoms with Crippen molar-refractivity contribution in [1.29, 1.82) is 0 Å². The zero-order chi connectivity index (χ0) is 69.8. The topological polar surface area (TPSA) is 97.1 Å². The van der Waals surface area contributed by atoms with Gasteiger partial charge in [-0.1, -0.05) is 261 Å². The number of nitrogens with zero attached hydrogens (tertiary/aromatic N) is 10. The Bertz CT molecular complexity index is 6430. The molecule has 0 atom stereocenters. The van der Waals surface area contributed by atoms with E-state index in [-0.39, 0.29) is 0 Å². The lowest BCUT2D eigenvalue weighted by molar-refractivity contribution is 1.07. The molecule has 0 aliphatic rings. The average Bonchev–Trinajstić information content (AvgIpc) is 1.57. The first-order valence-electron chi connectivity index (χ1n) is 35.7. The zero-order valence-electron chi connectivity index (χ0n) is 57.1. The molecule has 0 amide bonds. The highest BCUT2D eigenvalue weighted by molar-refractivity contribution is 6.14. The van der Waals surface area contributed by atoms with Crippen molar-refractivity contribution in [3.63, 3.8) is 0 Å². The van der Waals surface area contributed by atoms with Crippen LogP contribution in [0.5, 0.6) is 0 Å². The van der Waals surface area contributed by atoms with Crippen molar-refractivity contribution in [2.75, 3.05) is 0 Å². The maximum atomic E-state index is 5.48. The van der Waals surface area contributed by atoms with Crippen LogP contribution in [0.3, 0.4) is 0 Å². The minimum atomic E-state index is 0.537. The van der Waals surface area contributed by atoms with E-state index in [4.69, 9.17) is 29.9 Å². The molecule has 0 spiro atoms. The van der Waals surface area contributed by atoms with Gasteiger partial charge in [0.1, 0.15) is 0 Å². The number of hydrogen-bond acceptors (Lipinski definition) is 6. The van der Waals surface area contributed by atoms with Crippen LogP contribution in [0.2, 0.25) is 0 Å². The summed E-state index contributed by atoms with van der Waals surface area (Å²) in [7, 11) is 0. The molecule has 0 unspecified atom stereocenters. The first kappa shape index (κ1) is 60.3. The Balaban J connectivity index is 0.776. The summed E-state index contributed by atoms with van der Waals surface area (Å²) in [5.74, 6) is 3.36. The fraction of sp³-hybridized carbons (Fsp3) is 0. The van der Waals surface area contributed by atoms with E-state index in [2.05, 4.69) is 309 Å². The molecule has 0 aliphatic heterocycles. The van der Waals surface area contributed by atoms with Crippen LogP contribution in [-0.4, -0.2) is 48.2 Å². The van der Waals surface area contributed by atoms with Gasteiger partial charge in [-0.2, -0.15) is 0 Å². The first-order chi connectivity index (χ1) is 52.6. The largest absolute Gasteiger partial charge is 0.309 e. The number of fused-ring (bicyclic) bond motifs is 12. The summed E-state index contributed by atoms with van der Waals surface area (Å²) in [6.45, 7) is 0. The van der Waals surface area contributed by atoms with Gasteiger partial charge in [0.2, 0.25) is 0 Å². The molecule has 15 aromatic carbocycles. The van der Waals surface area contributed by atoms with E-state index < -0.39 is 0 Å². The van der Waals surface area contributed by atoms with Gasteiger partial charge in [-0.15, -0.1) is 0 Å².